The van der Waals surface area contributed by atoms with Gasteiger partial charge in [0.25, 0.3) is 0 Å². The average Bonchev–Trinajstić information content (AvgIpc) is 2.76. The van der Waals surface area contributed by atoms with Gasteiger partial charge in [-0.2, -0.15) is 18.2 Å². The van der Waals surface area contributed by atoms with Crippen molar-refractivity contribution in [2.24, 2.45) is 0 Å². The number of alkyl halides is 3. The zero-order valence-electron chi connectivity index (χ0n) is 16.7. The maximum Gasteiger partial charge on any atom is 0.421 e. The first-order valence-corrected chi connectivity index (χ1v) is 11.3. The molecule has 2 N–H and O–H groups in total. The Morgan fingerprint density at radius 3 is 2.10 bits per heavy atom. The molecule has 31 heavy (non-hydrogen) atoms. The van der Waals surface area contributed by atoms with Gasteiger partial charge in [-0.1, -0.05) is 31.4 Å². The van der Waals surface area contributed by atoms with E-state index in [-0.39, 0.29) is 11.8 Å². The summed E-state index contributed by atoms with van der Waals surface area (Å²) in [5.74, 6) is 0.355. The fourth-order valence-electron chi connectivity index (χ4n) is 3.82. The summed E-state index contributed by atoms with van der Waals surface area (Å²) in [6.45, 7) is 0. The summed E-state index contributed by atoms with van der Waals surface area (Å²) < 4.78 is 41.6. The van der Waals surface area contributed by atoms with Crippen LogP contribution in [0.25, 0.3) is 0 Å². The van der Waals surface area contributed by atoms with Gasteiger partial charge >= 0.3 is 6.18 Å². The number of halogens is 4. The van der Waals surface area contributed by atoms with Crippen LogP contribution >= 0.6 is 22.6 Å². The minimum atomic E-state index is -4.56. The van der Waals surface area contributed by atoms with Gasteiger partial charge in [-0.3, -0.25) is 0 Å². The van der Waals surface area contributed by atoms with Crippen LogP contribution in [0.5, 0.6) is 0 Å². The van der Waals surface area contributed by atoms with Crippen molar-refractivity contribution < 1.29 is 13.2 Å². The van der Waals surface area contributed by atoms with Gasteiger partial charge in [0.05, 0.1) is 0 Å². The van der Waals surface area contributed by atoms with E-state index in [0.29, 0.717) is 17.3 Å². The fourth-order valence-corrected chi connectivity index (χ4v) is 4.18. The minimum Gasteiger partial charge on any atom is -0.340 e. The van der Waals surface area contributed by atoms with Crippen LogP contribution in [0.4, 0.5) is 36.3 Å². The lowest BCUT2D eigenvalue weighted by atomic mass is 9.84. The molecule has 0 bridgehead atoms. The van der Waals surface area contributed by atoms with E-state index in [1.807, 2.05) is 48.5 Å². The summed E-state index contributed by atoms with van der Waals surface area (Å²) in [6.07, 6.45) is 2.33. The molecule has 4 nitrogen and oxygen atoms in total. The third-order valence-corrected chi connectivity index (χ3v) is 6.16. The van der Waals surface area contributed by atoms with Crippen LogP contribution in [-0.4, -0.2) is 9.97 Å². The van der Waals surface area contributed by atoms with Crippen LogP contribution in [0.2, 0.25) is 0 Å². The summed E-state index contributed by atoms with van der Waals surface area (Å²) >= 11 is 2.18. The SMILES string of the molecule is FC(F)(F)c1cnc(Nc2ccc(I)cc2)nc1Nc1ccc(C2CCCCC2)cc1. The molecule has 1 aromatic heterocycles. The van der Waals surface area contributed by atoms with E-state index in [4.69, 9.17) is 0 Å². The number of benzene rings is 2. The van der Waals surface area contributed by atoms with Crippen molar-refractivity contribution in [3.63, 3.8) is 0 Å². The van der Waals surface area contributed by atoms with Gasteiger partial charge in [0, 0.05) is 21.1 Å². The molecule has 3 aromatic rings. The standard InChI is InChI=1S/C23H22F3IN4/c24-23(25,26)20-14-28-22(30-19-12-8-17(27)9-13-19)31-21(20)29-18-10-6-16(7-11-18)15-4-2-1-3-5-15/h6-15H,1-5H2,(H2,28,29,30,31). The van der Waals surface area contributed by atoms with Crippen LogP contribution in [0.15, 0.2) is 54.7 Å². The Kier molecular flexibility index (Phi) is 6.64. The van der Waals surface area contributed by atoms with E-state index in [1.165, 1.54) is 37.7 Å². The molecule has 2 aromatic carbocycles. The van der Waals surface area contributed by atoms with Crippen LogP contribution in [-0.2, 0) is 6.18 Å². The Balaban J connectivity index is 1.56. The summed E-state index contributed by atoms with van der Waals surface area (Å²) in [4.78, 5) is 7.97. The molecule has 1 aliphatic carbocycles. The number of hydrogen-bond donors (Lipinski definition) is 2. The molecule has 1 heterocycles. The maximum absolute atomic E-state index is 13.5. The molecule has 0 unspecified atom stereocenters. The number of hydrogen-bond acceptors (Lipinski definition) is 4. The molecule has 0 amide bonds. The molecular weight excluding hydrogens is 516 g/mol. The molecule has 0 atom stereocenters. The zero-order chi connectivity index (χ0) is 21.8. The van der Waals surface area contributed by atoms with Crippen molar-refractivity contribution in [1.82, 2.24) is 9.97 Å². The van der Waals surface area contributed by atoms with Crippen LogP contribution in [0.1, 0.15) is 49.1 Å². The molecule has 0 radical (unpaired) electrons. The Hall–Kier alpha value is -2.36. The topological polar surface area (TPSA) is 49.8 Å². The maximum atomic E-state index is 13.5. The highest BCUT2D eigenvalue weighted by Crippen LogP contribution is 2.36. The van der Waals surface area contributed by atoms with Gasteiger partial charge in [0.15, 0.2) is 0 Å². The van der Waals surface area contributed by atoms with E-state index < -0.39 is 11.7 Å². The van der Waals surface area contributed by atoms with E-state index in [1.54, 1.807) is 0 Å². The number of rotatable bonds is 5. The van der Waals surface area contributed by atoms with Crippen LogP contribution in [0.3, 0.4) is 0 Å². The summed E-state index contributed by atoms with van der Waals surface area (Å²) in [5, 5.41) is 5.79. The molecule has 162 valence electrons. The molecule has 1 saturated carbocycles. The Morgan fingerprint density at radius 2 is 1.45 bits per heavy atom. The van der Waals surface area contributed by atoms with Crippen molar-refractivity contribution in [2.45, 2.75) is 44.2 Å². The van der Waals surface area contributed by atoms with Gasteiger partial charge in [-0.15, -0.1) is 0 Å². The highest BCUT2D eigenvalue weighted by molar-refractivity contribution is 14.1. The second-order valence-electron chi connectivity index (χ2n) is 7.67. The van der Waals surface area contributed by atoms with Gasteiger partial charge in [0.2, 0.25) is 5.95 Å². The largest absolute Gasteiger partial charge is 0.421 e. The number of aromatic nitrogens is 2. The second-order valence-corrected chi connectivity index (χ2v) is 8.91. The first-order chi connectivity index (χ1) is 14.9. The fraction of sp³-hybridized carbons (Fsp3) is 0.304. The van der Waals surface area contributed by atoms with E-state index in [9.17, 15) is 13.2 Å². The lowest BCUT2D eigenvalue weighted by Crippen LogP contribution is -2.12. The molecule has 0 aliphatic heterocycles. The lowest BCUT2D eigenvalue weighted by Gasteiger charge is -2.22. The van der Waals surface area contributed by atoms with Gasteiger partial charge in [-0.05, 0) is 83.3 Å². The smallest absolute Gasteiger partial charge is 0.340 e. The second kappa shape index (κ2) is 9.42. The minimum absolute atomic E-state index is 0.0931. The van der Waals surface area contributed by atoms with Gasteiger partial charge in [-0.25, -0.2) is 4.98 Å². The molecule has 0 saturated heterocycles. The Labute approximate surface area is 192 Å². The summed E-state index contributed by atoms with van der Waals surface area (Å²) in [5.41, 5.74) is 1.59. The average molecular weight is 538 g/mol. The van der Waals surface area contributed by atoms with Crippen LogP contribution < -0.4 is 10.6 Å². The quantitative estimate of drug-likeness (QED) is 0.328. The Bertz CT molecular complexity index is 1010. The number of nitrogens with zero attached hydrogens (tertiary/aromatic N) is 2. The zero-order valence-corrected chi connectivity index (χ0v) is 18.9. The van der Waals surface area contributed by atoms with Crippen molar-refractivity contribution in [3.05, 3.63) is 69.4 Å². The number of anilines is 4. The highest BCUT2D eigenvalue weighted by Gasteiger charge is 2.35. The predicted octanol–water partition coefficient (Wildman–Crippen LogP) is 7.63. The van der Waals surface area contributed by atoms with Gasteiger partial charge in [0.1, 0.15) is 11.4 Å². The first-order valence-electron chi connectivity index (χ1n) is 10.2. The van der Waals surface area contributed by atoms with E-state index in [0.717, 1.165) is 9.77 Å². The summed E-state index contributed by atoms with van der Waals surface area (Å²) in [6, 6.07) is 15.0. The third-order valence-electron chi connectivity index (χ3n) is 5.44. The molecule has 0 spiro atoms. The molecule has 4 rings (SSSR count). The first kappa shape index (κ1) is 21.9. The van der Waals surface area contributed by atoms with E-state index >= 15 is 0 Å². The Morgan fingerprint density at radius 1 is 0.839 bits per heavy atom. The monoisotopic (exact) mass is 538 g/mol. The highest BCUT2D eigenvalue weighted by atomic mass is 127. The van der Waals surface area contributed by atoms with Crippen molar-refractivity contribution >= 4 is 45.7 Å². The molecular formula is C23H22F3IN4. The molecule has 1 aliphatic rings. The van der Waals surface area contributed by atoms with Crippen LogP contribution in [0, 0.1) is 3.57 Å². The summed E-state index contributed by atoms with van der Waals surface area (Å²) in [7, 11) is 0. The van der Waals surface area contributed by atoms with Crippen molar-refractivity contribution in [3.8, 4) is 0 Å². The normalized spacial score (nSPS) is 15.0. The third kappa shape index (κ3) is 5.66. The van der Waals surface area contributed by atoms with Crippen molar-refractivity contribution in [2.75, 3.05) is 10.6 Å². The van der Waals surface area contributed by atoms with Gasteiger partial charge < -0.3 is 10.6 Å². The van der Waals surface area contributed by atoms with E-state index in [2.05, 4.69) is 43.2 Å². The molecule has 8 heteroatoms. The molecule has 1 fully saturated rings. The predicted molar refractivity (Wildman–Crippen MR) is 125 cm³/mol. The lowest BCUT2D eigenvalue weighted by molar-refractivity contribution is -0.137. The van der Waals surface area contributed by atoms with Crippen molar-refractivity contribution in [1.29, 1.82) is 0 Å². The number of nitrogens with one attached hydrogen (secondary N) is 2.